The van der Waals surface area contributed by atoms with E-state index in [1.807, 2.05) is 52.8 Å². The molecule has 4 heteroatoms. The van der Waals surface area contributed by atoms with Gasteiger partial charge in [-0.3, -0.25) is 10.1 Å². The monoisotopic (exact) mass is 291 g/mol. The van der Waals surface area contributed by atoms with Crippen LogP contribution in [-0.4, -0.2) is 17.5 Å². The fourth-order valence-corrected chi connectivity index (χ4v) is 1.98. The Morgan fingerprint density at radius 1 is 1.24 bits per heavy atom. The Hall–Kier alpha value is -1.84. The van der Waals surface area contributed by atoms with Gasteiger partial charge >= 0.3 is 6.09 Å². The first kappa shape index (κ1) is 17.2. The Balaban J connectivity index is 2.86. The molecular weight excluding hydrogens is 266 g/mol. The molecule has 0 heterocycles. The first-order chi connectivity index (χ1) is 9.71. The van der Waals surface area contributed by atoms with E-state index in [-0.39, 0.29) is 5.78 Å². The quantitative estimate of drug-likeness (QED) is 0.882. The van der Waals surface area contributed by atoms with Crippen molar-refractivity contribution in [3.8, 4) is 0 Å². The first-order valence-electron chi connectivity index (χ1n) is 7.32. The minimum atomic E-state index is -0.549. The number of benzene rings is 1. The summed E-state index contributed by atoms with van der Waals surface area (Å²) in [6.07, 6.45) is 1.22. The molecule has 0 fully saturated rings. The molecule has 21 heavy (non-hydrogen) atoms. The molecule has 0 unspecified atom stereocenters. The average Bonchev–Trinajstić information content (AvgIpc) is 2.30. The van der Waals surface area contributed by atoms with E-state index in [2.05, 4.69) is 5.32 Å². The van der Waals surface area contributed by atoms with E-state index in [1.165, 1.54) is 0 Å². The molecule has 1 aromatic rings. The number of anilines is 1. The minimum Gasteiger partial charge on any atom is -0.444 e. The molecule has 1 amide bonds. The van der Waals surface area contributed by atoms with Gasteiger partial charge in [-0.15, -0.1) is 0 Å². The number of rotatable bonds is 5. The van der Waals surface area contributed by atoms with E-state index in [0.29, 0.717) is 18.5 Å². The number of ether oxygens (including phenoxy) is 1. The lowest BCUT2D eigenvalue weighted by atomic mass is 10.0. The molecule has 1 rings (SSSR count). The zero-order chi connectivity index (χ0) is 16.0. The number of carbonyl (C=O) groups excluding carboxylic acids is 2. The van der Waals surface area contributed by atoms with Crippen molar-refractivity contribution in [1.29, 1.82) is 0 Å². The number of carbonyl (C=O) groups is 2. The largest absolute Gasteiger partial charge is 0.444 e. The van der Waals surface area contributed by atoms with Gasteiger partial charge in [-0.05, 0) is 45.7 Å². The fraction of sp³-hybridized carbons (Fsp3) is 0.529. The Kier molecular flexibility index (Phi) is 5.94. The van der Waals surface area contributed by atoms with Crippen molar-refractivity contribution >= 4 is 17.6 Å². The highest BCUT2D eigenvalue weighted by molar-refractivity contribution is 5.88. The van der Waals surface area contributed by atoms with Crippen molar-refractivity contribution in [3.05, 3.63) is 29.3 Å². The van der Waals surface area contributed by atoms with E-state index >= 15 is 0 Å². The molecular formula is C17H25NO3. The molecule has 0 saturated heterocycles. The van der Waals surface area contributed by atoms with Crippen LogP contribution in [0.5, 0.6) is 0 Å². The molecule has 0 radical (unpaired) electrons. The SMILES string of the molecule is CCCC(=O)Cc1cc(C)ccc1NC(=O)OC(C)(C)C. The summed E-state index contributed by atoms with van der Waals surface area (Å²) in [5.74, 6) is 0.176. The maximum Gasteiger partial charge on any atom is 0.412 e. The number of amides is 1. The van der Waals surface area contributed by atoms with Crippen LogP contribution in [0.3, 0.4) is 0 Å². The van der Waals surface area contributed by atoms with Crippen molar-refractivity contribution < 1.29 is 14.3 Å². The van der Waals surface area contributed by atoms with E-state index in [0.717, 1.165) is 17.5 Å². The van der Waals surface area contributed by atoms with Crippen molar-refractivity contribution in [2.24, 2.45) is 0 Å². The van der Waals surface area contributed by atoms with Crippen LogP contribution < -0.4 is 5.32 Å². The van der Waals surface area contributed by atoms with Crippen LogP contribution >= 0.6 is 0 Å². The predicted molar refractivity (Wildman–Crippen MR) is 84.7 cm³/mol. The van der Waals surface area contributed by atoms with Crippen LogP contribution in [0.1, 0.15) is 51.7 Å². The van der Waals surface area contributed by atoms with E-state index in [4.69, 9.17) is 4.74 Å². The van der Waals surface area contributed by atoms with Crippen molar-refractivity contribution in [1.82, 2.24) is 0 Å². The van der Waals surface area contributed by atoms with Gasteiger partial charge in [0.15, 0.2) is 0 Å². The summed E-state index contributed by atoms with van der Waals surface area (Å²) in [6.45, 7) is 9.38. The second-order valence-electron chi connectivity index (χ2n) is 6.25. The molecule has 1 N–H and O–H groups in total. The molecule has 116 valence electrons. The lowest BCUT2D eigenvalue weighted by Gasteiger charge is -2.20. The molecule has 0 aromatic heterocycles. The van der Waals surface area contributed by atoms with Crippen LogP contribution in [0.4, 0.5) is 10.5 Å². The van der Waals surface area contributed by atoms with E-state index in [1.54, 1.807) is 0 Å². The summed E-state index contributed by atoms with van der Waals surface area (Å²) < 4.78 is 5.24. The van der Waals surface area contributed by atoms with Crippen molar-refractivity contribution in [3.63, 3.8) is 0 Å². The lowest BCUT2D eigenvalue weighted by Crippen LogP contribution is -2.27. The summed E-state index contributed by atoms with van der Waals surface area (Å²) in [4.78, 5) is 23.7. The van der Waals surface area contributed by atoms with E-state index in [9.17, 15) is 9.59 Å². The number of hydrogen-bond donors (Lipinski definition) is 1. The van der Waals surface area contributed by atoms with Crippen LogP contribution in [0.2, 0.25) is 0 Å². The number of Topliss-reactive ketones (excluding diaryl/α,β-unsaturated/α-hetero) is 1. The molecule has 4 nitrogen and oxygen atoms in total. The number of ketones is 1. The summed E-state index contributed by atoms with van der Waals surface area (Å²) in [6, 6.07) is 5.65. The smallest absolute Gasteiger partial charge is 0.412 e. The molecule has 1 aromatic carbocycles. The van der Waals surface area contributed by atoms with Crippen LogP contribution in [0.25, 0.3) is 0 Å². The summed E-state index contributed by atoms with van der Waals surface area (Å²) >= 11 is 0. The summed E-state index contributed by atoms with van der Waals surface area (Å²) in [5.41, 5.74) is 1.98. The molecule has 0 bridgehead atoms. The van der Waals surface area contributed by atoms with Gasteiger partial charge in [0.1, 0.15) is 11.4 Å². The van der Waals surface area contributed by atoms with Crippen molar-refractivity contribution in [2.75, 3.05) is 5.32 Å². The third-order valence-electron chi connectivity index (χ3n) is 2.81. The maximum atomic E-state index is 11.9. The number of hydrogen-bond acceptors (Lipinski definition) is 3. The first-order valence-corrected chi connectivity index (χ1v) is 7.32. The molecule has 0 atom stereocenters. The van der Waals surface area contributed by atoms with Gasteiger partial charge in [-0.25, -0.2) is 4.79 Å². The topological polar surface area (TPSA) is 55.4 Å². The number of nitrogens with one attached hydrogen (secondary N) is 1. The average molecular weight is 291 g/mol. The zero-order valence-corrected chi connectivity index (χ0v) is 13.6. The molecule has 0 saturated carbocycles. The third kappa shape index (κ3) is 6.43. The zero-order valence-electron chi connectivity index (χ0n) is 13.6. The Bertz CT molecular complexity index is 515. The molecule has 0 aliphatic heterocycles. The number of aryl methyl sites for hydroxylation is 1. The fourth-order valence-electron chi connectivity index (χ4n) is 1.98. The maximum absolute atomic E-state index is 11.9. The third-order valence-corrected chi connectivity index (χ3v) is 2.81. The van der Waals surface area contributed by atoms with Gasteiger partial charge in [-0.2, -0.15) is 0 Å². The van der Waals surface area contributed by atoms with Crippen LogP contribution in [0, 0.1) is 6.92 Å². The van der Waals surface area contributed by atoms with Gasteiger partial charge < -0.3 is 4.74 Å². The molecule has 0 aliphatic carbocycles. The molecule has 0 spiro atoms. The second kappa shape index (κ2) is 7.25. The lowest BCUT2D eigenvalue weighted by molar-refractivity contribution is -0.118. The Morgan fingerprint density at radius 3 is 2.48 bits per heavy atom. The van der Waals surface area contributed by atoms with Crippen LogP contribution in [0.15, 0.2) is 18.2 Å². The van der Waals surface area contributed by atoms with Crippen molar-refractivity contribution in [2.45, 2.75) is 59.5 Å². The van der Waals surface area contributed by atoms with Gasteiger partial charge in [0.05, 0.1) is 0 Å². The second-order valence-corrected chi connectivity index (χ2v) is 6.25. The molecule has 0 aliphatic rings. The summed E-state index contributed by atoms with van der Waals surface area (Å²) in [5, 5.41) is 2.73. The summed E-state index contributed by atoms with van der Waals surface area (Å²) in [7, 11) is 0. The Morgan fingerprint density at radius 2 is 1.90 bits per heavy atom. The highest BCUT2D eigenvalue weighted by Crippen LogP contribution is 2.20. The van der Waals surface area contributed by atoms with Crippen LogP contribution in [-0.2, 0) is 16.0 Å². The normalized spacial score (nSPS) is 11.1. The highest BCUT2D eigenvalue weighted by Gasteiger charge is 2.17. The minimum absolute atomic E-state index is 0.176. The van der Waals surface area contributed by atoms with Gasteiger partial charge in [-0.1, -0.05) is 24.6 Å². The predicted octanol–water partition coefficient (Wildman–Crippen LogP) is 4.25. The standard InChI is InChI=1S/C17H25NO3/c1-6-7-14(19)11-13-10-12(2)8-9-15(13)18-16(20)21-17(3,4)5/h8-10H,6-7,11H2,1-5H3,(H,18,20). The van der Waals surface area contributed by atoms with Gasteiger partial charge in [0, 0.05) is 18.5 Å². The van der Waals surface area contributed by atoms with E-state index < -0.39 is 11.7 Å². The van der Waals surface area contributed by atoms with Gasteiger partial charge in [0.2, 0.25) is 0 Å². The highest BCUT2D eigenvalue weighted by atomic mass is 16.6. The van der Waals surface area contributed by atoms with Gasteiger partial charge in [0.25, 0.3) is 0 Å². The Labute approximate surface area is 126 Å².